The Hall–Kier alpha value is -1.69. The zero-order valence-electron chi connectivity index (χ0n) is 11.8. The lowest BCUT2D eigenvalue weighted by Gasteiger charge is -2.13. The summed E-state index contributed by atoms with van der Waals surface area (Å²) in [5.41, 5.74) is 0.563. The number of aryl methyl sites for hydroxylation is 2. The highest BCUT2D eigenvalue weighted by Gasteiger charge is 2.15. The second-order valence-corrected chi connectivity index (χ2v) is 5.12. The van der Waals surface area contributed by atoms with E-state index in [0.29, 0.717) is 23.7 Å². The number of aromatic nitrogens is 2. The lowest BCUT2D eigenvalue weighted by atomic mass is 10.1. The van der Waals surface area contributed by atoms with Gasteiger partial charge in [0.15, 0.2) is 5.69 Å². The van der Waals surface area contributed by atoms with Crippen LogP contribution < -0.4 is 10.9 Å². The van der Waals surface area contributed by atoms with Gasteiger partial charge in [-0.15, -0.1) is 0 Å². The Morgan fingerprint density at radius 1 is 1.42 bits per heavy atom. The van der Waals surface area contributed by atoms with Crippen LogP contribution in [0, 0.1) is 19.8 Å². The van der Waals surface area contributed by atoms with Crippen molar-refractivity contribution in [2.24, 2.45) is 5.92 Å². The van der Waals surface area contributed by atoms with E-state index in [1.54, 1.807) is 13.8 Å². The number of amides is 1. The lowest BCUT2D eigenvalue weighted by Crippen LogP contribution is -2.36. The van der Waals surface area contributed by atoms with Gasteiger partial charge in [0.25, 0.3) is 11.5 Å². The maximum Gasteiger partial charge on any atom is 0.279 e. The molecule has 1 heterocycles. The second-order valence-electron chi connectivity index (χ2n) is 5.12. The van der Waals surface area contributed by atoms with Gasteiger partial charge in [-0.25, -0.2) is 4.98 Å². The Balaban J connectivity index is 2.69. The Labute approximate surface area is 112 Å². The summed E-state index contributed by atoms with van der Waals surface area (Å²) in [5, 5.41) is 12.2. The van der Waals surface area contributed by atoms with Gasteiger partial charge in [-0.3, -0.25) is 9.59 Å². The largest absolute Gasteiger partial charge is 0.391 e. The van der Waals surface area contributed by atoms with Gasteiger partial charge >= 0.3 is 0 Å². The number of nitrogens with zero attached hydrogens (tertiary/aromatic N) is 1. The number of carbonyl (C=O) groups excluding carboxylic acids is 1. The molecule has 0 aliphatic rings. The fourth-order valence-electron chi connectivity index (χ4n) is 1.70. The van der Waals surface area contributed by atoms with Crippen molar-refractivity contribution in [2.75, 3.05) is 6.54 Å². The third-order valence-electron chi connectivity index (χ3n) is 2.80. The maximum atomic E-state index is 11.8. The number of nitrogens with one attached hydrogen (secondary N) is 2. The average molecular weight is 267 g/mol. The van der Waals surface area contributed by atoms with Gasteiger partial charge in [0.1, 0.15) is 0 Å². The Bertz CT molecular complexity index is 508. The van der Waals surface area contributed by atoms with E-state index in [-0.39, 0.29) is 12.2 Å². The highest BCUT2D eigenvalue weighted by molar-refractivity contribution is 5.91. The average Bonchev–Trinajstić information content (AvgIpc) is 2.30. The number of aliphatic hydroxyl groups is 1. The normalized spacial score (nSPS) is 12.5. The number of carbonyl (C=O) groups is 1. The van der Waals surface area contributed by atoms with Crippen LogP contribution in [-0.2, 0) is 0 Å². The number of aromatic amines is 1. The van der Waals surface area contributed by atoms with Gasteiger partial charge in [-0.05, 0) is 26.2 Å². The zero-order chi connectivity index (χ0) is 14.6. The molecule has 1 amide bonds. The van der Waals surface area contributed by atoms with Crippen molar-refractivity contribution in [3.8, 4) is 0 Å². The van der Waals surface area contributed by atoms with Crippen molar-refractivity contribution >= 4 is 5.91 Å². The first-order valence-corrected chi connectivity index (χ1v) is 6.35. The topological polar surface area (TPSA) is 95.1 Å². The molecule has 1 rings (SSSR count). The van der Waals surface area contributed by atoms with Gasteiger partial charge < -0.3 is 15.4 Å². The zero-order valence-corrected chi connectivity index (χ0v) is 11.8. The van der Waals surface area contributed by atoms with E-state index in [9.17, 15) is 14.7 Å². The number of H-pyrrole nitrogens is 1. The molecule has 1 aromatic rings. The van der Waals surface area contributed by atoms with E-state index in [1.807, 2.05) is 13.8 Å². The summed E-state index contributed by atoms with van der Waals surface area (Å²) in [6, 6.07) is 0. The number of aliphatic hydroxyl groups excluding tert-OH is 1. The molecule has 0 fully saturated rings. The summed E-state index contributed by atoms with van der Waals surface area (Å²) in [5.74, 6) is -0.220. The summed E-state index contributed by atoms with van der Waals surface area (Å²) in [7, 11) is 0. The summed E-state index contributed by atoms with van der Waals surface area (Å²) in [6.45, 7) is 7.53. The first-order chi connectivity index (χ1) is 8.81. The molecule has 0 saturated carbocycles. The van der Waals surface area contributed by atoms with E-state index in [1.165, 1.54) is 0 Å². The molecule has 0 bridgehead atoms. The van der Waals surface area contributed by atoms with Gasteiger partial charge in [-0.2, -0.15) is 0 Å². The molecule has 1 atom stereocenters. The summed E-state index contributed by atoms with van der Waals surface area (Å²) >= 11 is 0. The lowest BCUT2D eigenvalue weighted by molar-refractivity contribution is 0.0893. The third-order valence-corrected chi connectivity index (χ3v) is 2.80. The van der Waals surface area contributed by atoms with Crippen LogP contribution in [0.4, 0.5) is 0 Å². The summed E-state index contributed by atoms with van der Waals surface area (Å²) in [4.78, 5) is 30.0. The maximum absolute atomic E-state index is 11.8. The van der Waals surface area contributed by atoms with Crippen molar-refractivity contribution < 1.29 is 9.90 Å². The number of rotatable bonds is 5. The molecule has 0 aromatic carbocycles. The standard InChI is InChI=1S/C13H21N3O3/c1-7(2)5-10(17)6-14-12(18)11-13(19)16-9(4)8(3)15-11/h7,10,17H,5-6H2,1-4H3,(H,14,18)(H,16,19). The van der Waals surface area contributed by atoms with Crippen LogP contribution in [0.5, 0.6) is 0 Å². The van der Waals surface area contributed by atoms with E-state index in [0.717, 1.165) is 0 Å². The minimum absolute atomic E-state index is 0.116. The molecule has 0 radical (unpaired) electrons. The fourth-order valence-corrected chi connectivity index (χ4v) is 1.70. The molecular formula is C13H21N3O3. The molecule has 0 aliphatic heterocycles. The summed E-state index contributed by atoms with van der Waals surface area (Å²) < 4.78 is 0. The summed E-state index contributed by atoms with van der Waals surface area (Å²) in [6.07, 6.45) is -0.0219. The van der Waals surface area contributed by atoms with Crippen LogP contribution in [0.1, 0.15) is 42.1 Å². The minimum atomic E-state index is -0.616. The van der Waals surface area contributed by atoms with E-state index in [4.69, 9.17) is 0 Å². The van der Waals surface area contributed by atoms with Crippen molar-refractivity contribution in [3.05, 3.63) is 27.4 Å². The van der Waals surface area contributed by atoms with Crippen molar-refractivity contribution in [1.29, 1.82) is 0 Å². The molecule has 0 saturated heterocycles. The molecule has 6 heteroatoms. The molecule has 1 unspecified atom stereocenters. The minimum Gasteiger partial charge on any atom is -0.391 e. The Morgan fingerprint density at radius 2 is 2.05 bits per heavy atom. The molecule has 106 valence electrons. The van der Waals surface area contributed by atoms with Crippen LogP contribution in [0.25, 0.3) is 0 Å². The Morgan fingerprint density at radius 3 is 2.63 bits per heavy atom. The van der Waals surface area contributed by atoms with Gasteiger partial charge in [-0.1, -0.05) is 13.8 Å². The van der Waals surface area contributed by atoms with Crippen molar-refractivity contribution in [1.82, 2.24) is 15.3 Å². The molecule has 6 nitrogen and oxygen atoms in total. The molecule has 0 aliphatic carbocycles. The van der Waals surface area contributed by atoms with Crippen LogP contribution in [0.15, 0.2) is 4.79 Å². The highest BCUT2D eigenvalue weighted by Crippen LogP contribution is 2.03. The van der Waals surface area contributed by atoms with Crippen LogP contribution in [-0.4, -0.2) is 33.6 Å². The smallest absolute Gasteiger partial charge is 0.279 e. The SMILES string of the molecule is Cc1nc(C(=O)NCC(O)CC(C)C)c(=O)[nH]c1C. The number of hydrogen-bond acceptors (Lipinski definition) is 4. The van der Waals surface area contributed by atoms with E-state index in [2.05, 4.69) is 15.3 Å². The molecule has 19 heavy (non-hydrogen) atoms. The fraction of sp³-hybridized carbons (Fsp3) is 0.615. The third kappa shape index (κ3) is 4.48. The van der Waals surface area contributed by atoms with Crippen molar-refractivity contribution in [2.45, 2.75) is 40.2 Å². The highest BCUT2D eigenvalue weighted by atomic mass is 16.3. The van der Waals surface area contributed by atoms with Gasteiger partial charge in [0.05, 0.1) is 11.8 Å². The van der Waals surface area contributed by atoms with Crippen LogP contribution in [0.3, 0.4) is 0 Å². The monoisotopic (exact) mass is 267 g/mol. The van der Waals surface area contributed by atoms with Gasteiger partial charge in [0, 0.05) is 12.2 Å². The molecular weight excluding hydrogens is 246 g/mol. The molecule has 1 aromatic heterocycles. The second kappa shape index (κ2) is 6.47. The van der Waals surface area contributed by atoms with Gasteiger partial charge in [0.2, 0.25) is 0 Å². The quantitative estimate of drug-likeness (QED) is 0.725. The van der Waals surface area contributed by atoms with E-state index >= 15 is 0 Å². The van der Waals surface area contributed by atoms with Crippen LogP contribution >= 0.6 is 0 Å². The molecule has 0 spiro atoms. The predicted molar refractivity (Wildman–Crippen MR) is 72.1 cm³/mol. The van der Waals surface area contributed by atoms with Crippen molar-refractivity contribution in [3.63, 3.8) is 0 Å². The predicted octanol–water partition coefficient (Wildman–Crippen LogP) is 0.524. The van der Waals surface area contributed by atoms with Crippen LogP contribution in [0.2, 0.25) is 0 Å². The molecule has 3 N–H and O–H groups in total. The Kier molecular flexibility index (Phi) is 5.23. The first kappa shape index (κ1) is 15.4. The van der Waals surface area contributed by atoms with E-state index < -0.39 is 17.6 Å². The number of hydrogen-bond donors (Lipinski definition) is 3. The first-order valence-electron chi connectivity index (χ1n) is 6.35.